The Balaban J connectivity index is 1.96. The molecule has 0 fully saturated rings. The number of imidazole rings is 2. The van der Waals surface area contributed by atoms with Crippen molar-refractivity contribution < 1.29 is 23.1 Å². The maximum absolute atomic E-state index is 13.2. The van der Waals surface area contributed by atoms with Crippen LogP contribution < -0.4 is 5.69 Å². The molecule has 166 valence electrons. The third kappa shape index (κ3) is 3.67. The molecule has 0 unspecified atom stereocenters. The minimum absolute atomic E-state index is 0.0856. The highest BCUT2D eigenvalue weighted by atomic mass is 19.4. The van der Waals surface area contributed by atoms with Crippen LogP contribution in [0, 0.1) is 18.3 Å². The van der Waals surface area contributed by atoms with Crippen LogP contribution in [0.5, 0.6) is 0 Å². The fourth-order valence-electron chi connectivity index (χ4n) is 3.56. The molecule has 0 atom stereocenters. The zero-order chi connectivity index (χ0) is 23.9. The quantitative estimate of drug-likeness (QED) is 0.500. The average Bonchev–Trinajstić information content (AvgIpc) is 3.35. The number of hydrogen-bond donors (Lipinski definition) is 1. The molecule has 11 heteroatoms. The van der Waals surface area contributed by atoms with E-state index in [1.165, 1.54) is 30.0 Å². The van der Waals surface area contributed by atoms with Crippen molar-refractivity contribution in [2.24, 2.45) is 0 Å². The van der Waals surface area contributed by atoms with Crippen molar-refractivity contribution in [3.8, 4) is 29.0 Å². The van der Waals surface area contributed by atoms with Crippen molar-refractivity contribution in [1.29, 1.82) is 5.26 Å². The maximum atomic E-state index is 13.2. The van der Waals surface area contributed by atoms with Gasteiger partial charge < -0.3 is 5.11 Å². The molecule has 0 radical (unpaired) electrons. The summed E-state index contributed by atoms with van der Waals surface area (Å²) in [7, 11) is 0. The number of hydrogen-bond acceptors (Lipinski definition) is 4. The SMILES string of the molecule is Cc1c(-c2nccn2-c2ccc(C#N)cc2)n(C(=O)O)c(=O)n1-c1cccc(C(F)(F)F)c1. The highest BCUT2D eigenvalue weighted by Crippen LogP contribution is 2.31. The number of carbonyl (C=O) groups is 1. The lowest BCUT2D eigenvalue weighted by atomic mass is 10.2. The zero-order valence-corrected chi connectivity index (χ0v) is 16.9. The highest BCUT2D eigenvalue weighted by molar-refractivity contribution is 5.76. The molecule has 0 saturated heterocycles. The Bertz CT molecular complexity index is 1470. The van der Waals surface area contributed by atoms with E-state index in [0.717, 1.165) is 22.8 Å². The average molecular weight is 453 g/mol. The summed E-state index contributed by atoms with van der Waals surface area (Å²) in [5.41, 5.74) is -1.22. The normalized spacial score (nSPS) is 11.4. The Labute approximate surface area is 184 Å². The van der Waals surface area contributed by atoms with E-state index >= 15 is 0 Å². The molecular formula is C22H14F3N5O3. The Hall–Kier alpha value is -4.59. The molecule has 0 spiro atoms. The summed E-state index contributed by atoms with van der Waals surface area (Å²) >= 11 is 0. The second-order valence-corrected chi connectivity index (χ2v) is 7.00. The van der Waals surface area contributed by atoms with Crippen LogP contribution in [0.3, 0.4) is 0 Å². The molecule has 4 aromatic rings. The summed E-state index contributed by atoms with van der Waals surface area (Å²) in [6, 6.07) is 12.4. The van der Waals surface area contributed by atoms with E-state index in [2.05, 4.69) is 4.98 Å². The van der Waals surface area contributed by atoms with Gasteiger partial charge in [0.25, 0.3) is 0 Å². The Morgan fingerprint density at radius 3 is 2.42 bits per heavy atom. The number of halogens is 3. The molecular weight excluding hydrogens is 439 g/mol. The van der Waals surface area contributed by atoms with Gasteiger partial charge in [0.05, 0.1) is 28.6 Å². The summed E-state index contributed by atoms with van der Waals surface area (Å²) in [5, 5.41) is 18.7. The third-order valence-electron chi connectivity index (χ3n) is 5.03. The summed E-state index contributed by atoms with van der Waals surface area (Å²) in [5.74, 6) is 0.0856. The molecule has 0 bridgehead atoms. The fraction of sp³-hybridized carbons (Fsp3) is 0.0909. The highest BCUT2D eigenvalue weighted by Gasteiger charge is 2.32. The number of aromatic nitrogens is 4. The van der Waals surface area contributed by atoms with Gasteiger partial charge in [0.1, 0.15) is 5.69 Å². The van der Waals surface area contributed by atoms with Crippen LogP contribution in [0.2, 0.25) is 0 Å². The van der Waals surface area contributed by atoms with Gasteiger partial charge in [-0.05, 0) is 49.4 Å². The predicted molar refractivity (Wildman–Crippen MR) is 110 cm³/mol. The summed E-state index contributed by atoms with van der Waals surface area (Å²) < 4.78 is 42.4. The van der Waals surface area contributed by atoms with Gasteiger partial charge in [-0.2, -0.15) is 23.0 Å². The van der Waals surface area contributed by atoms with Crippen molar-refractivity contribution in [2.45, 2.75) is 13.1 Å². The van der Waals surface area contributed by atoms with Crippen LogP contribution in [0.15, 0.2) is 65.7 Å². The number of nitrogens with zero attached hydrogens (tertiary/aromatic N) is 5. The number of rotatable bonds is 3. The summed E-state index contributed by atoms with van der Waals surface area (Å²) in [4.78, 5) is 29.2. The molecule has 0 aliphatic rings. The van der Waals surface area contributed by atoms with Gasteiger partial charge >= 0.3 is 18.0 Å². The van der Waals surface area contributed by atoms with Crippen LogP contribution in [0.1, 0.15) is 16.8 Å². The van der Waals surface area contributed by atoms with Gasteiger partial charge in [-0.25, -0.2) is 14.6 Å². The van der Waals surface area contributed by atoms with E-state index in [1.54, 1.807) is 24.3 Å². The number of benzene rings is 2. The van der Waals surface area contributed by atoms with Gasteiger partial charge in [0.2, 0.25) is 0 Å². The lowest BCUT2D eigenvalue weighted by Gasteiger charge is -2.11. The van der Waals surface area contributed by atoms with E-state index < -0.39 is 23.5 Å². The van der Waals surface area contributed by atoms with Crippen LogP contribution in [0.25, 0.3) is 22.9 Å². The standard InChI is InChI=1S/C22H14F3N5O3/c1-13-18(19-27-9-10-28(19)16-7-5-14(12-26)6-8-16)30(21(32)33)20(31)29(13)17-4-2-3-15(11-17)22(23,24)25/h2-11H,1H3,(H,32,33). The maximum Gasteiger partial charge on any atom is 0.420 e. The molecule has 2 heterocycles. The number of alkyl halides is 3. The van der Waals surface area contributed by atoms with Crippen molar-refractivity contribution >= 4 is 6.09 Å². The first-order chi connectivity index (χ1) is 15.6. The molecule has 0 saturated carbocycles. The Morgan fingerprint density at radius 1 is 1.12 bits per heavy atom. The van der Waals surface area contributed by atoms with Crippen molar-refractivity contribution in [3.63, 3.8) is 0 Å². The first-order valence-electron chi connectivity index (χ1n) is 9.43. The first-order valence-corrected chi connectivity index (χ1v) is 9.43. The van der Waals surface area contributed by atoms with Gasteiger partial charge in [-0.1, -0.05) is 6.07 Å². The number of nitriles is 1. The van der Waals surface area contributed by atoms with Crippen LogP contribution in [0.4, 0.5) is 18.0 Å². The fourth-order valence-corrected chi connectivity index (χ4v) is 3.56. The van der Waals surface area contributed by atoms with Gasteiger partial charge in [-0.15, -0.1) is 0 Å². The largest absolute Gasteiger partial charge is 0.464 e. The topological polar surface area (TPSA) is 106 Å². The minimum atomic E-state index is -4.64. The van der Waals surface area contributed by atoms with Crippen molar-refractivity contribution in [1.82, 2.24) is 18.7 Å². The Kier molecular flexibility index (Phi) is 5.13. The smallest absolute Gasteiger partial charge is 0.420 e. The van der Waals surface area contributed by atoms with E-state index in [4.69, 9.17) is 5.26 Å². The minimum Gasteiger partial charge on any atom is -0.464 e. The summed E-state index contributed by atoms with van der Waals surface area (Å²) in [6.45, 7) is 1.42. The Morgan fingerprint density at radius 2 is 1.82 bits per heavy atom. The number of carboxylic acid groups (broad SMARTS) is 1. The van der Waals surface area contributed by atoms with E-state index in [9.17, 15) is 27.9 Å². The van der Waals surface area contributed by atoms with Crippen LogP contribution in [-0.2, 0) is 6.18 Å². The molecule has 4 rings (SSSR count). The molecule has 0 amide bonds. The van der Waals surface area contributed by atoms with Crippen LogP contribution >= 0.6 is 0 Å². The molecule has 2 aromatic heterocycles. The molecule has 2 aromatic carbocycles. The van der Waals surface area contributed by atoms with Crippen LogP contribution in [-0.4, -0.2) is 29.9 Å². The zero-order valence-electron chi connectivity index (χ0n) is 16.9. The van der Waals surface area contributed by atoms with Crippen molar-refractivity contribution in [2.75, 3.05) is 0 Å². The third-order valence-corrected chi connectivity index (χ3v) is 5.03. The molecule has 1 N–H and O–H groups in total. The molecule has 0 aliphatic carbocycles. The van der Waals surface area contributed by atoms with Gasteiger partial charge in [-0.3, -0.25) is 9.13 Å². The van der Waals surface area contributed by atoms with Gasteiger partial charge in [0.15, 0.2) is 5.82 Å². The lowest BCUT2D eigenvalue weighted by Crippen LogP contribution is -2.28. The molecule has 0 aliphatic heterocycles. The molecule has 8 nitrogen and oxygen atoms in total. The first kappa shape index (κ1) is 21.6. The monoisotopic (exact) mass is 453 g/mol. The van der Waals surface area contributed by atoms with Gasteiger partial charge in [0, 0.05) is 18.1 Å². The lowest BCUT2D eigenvalue weighted by molar-refractivity contribution is -0.137. The second-order valence-electron chi connectivity index (χ2n) is 7.00. The van der Waals surface area contributed by atoms with Crippen molar-refractivity contribution in [3.05, 3.63) is 88.2 Å². The molecule has 33 heavy (non-hydrogen) atoms. The second kappa shape index (κ2) is 7.83. The van der Waals surface area contributed by atoms with E-state index in [-0.39, 0.29) is 22.9 Å². The van der Waals surface area contributed by atoms with E-state index in [0.29, 0.717) is 15.8 Å². The van der Waals surface area contributed by atoms with E-state index in [1.807, 2.05) is 6.07 Å². The predicted octanol–water partition coefficient (Wildman–Crippen LogP) is 4.22. The summed E-state index contributed by atoms with van der Waals surface area (Å²) in [6.07, 6.45) is -3.32.